The summed E-state index contributed by atoms with van der Waals surface area (Å²) in [5.74, 6) is 0.292. The lowest BCUT2D eigenvalue weighted by Crippen LogP contribution is -2.31. The quantitative estimate of drug-likeness (QED) is 0.723. The van der Waals surface area contributed by atoms with Crippen LogP contribution < -0.4 is 10.6 Å². The summed E-state index contributed by atoms with van der Waals surface area (Å²) in [5.41, 5.74) is 10.1. The minimum absolute atomic E-state index is 0.292. The molecule has 110 valence electrons. The van der Waals surface area contributed by atoms with Crippen LogP contribution in [0, 0.1) is 0 Å². The fourth-order valence-corrected chi connectivity index (χ4v) is 3.23. The highest BCUT2D eigenvalue weighted by molar-refractivity contribution is 5.95. The van der Waals surface area contributed by atoms with Crippen molar-refractivity contribution in [3.8, 4) is 5.75 Å². The van der Waals surface area contributed by atoms with Crippen LogP contribution in [0.25, 0.3) is 10.8 Å². The number of nitrogens with zero attached hydrogens (tertiary/aromatic N) is 2. The summed E-state index contributed by atoms with van der Waals surface area (Å²) in [7, 11) is 0. The summed E-state index contributed by atoms with van der Waals surface area (Å²) in [4.78, 5) is 6.73. The molecule has 4 nitrogen and oxygen atoms in total. The molecular formula is C18H17N3O. The van der Waals surface area contributed by atoms with Crippen LogP contribution in [-0.4, -0.2) is 16.6 Å². The van der Waals surface area contributed by atoms with Crippen LogP contribution >= 0.6 is 0 Å². The SMILES string of the molecule is Nc1ccnc2c1CCN(c1cc(O)cc3ccccc13)C2. The second-order valence-electron chi connectivity index (χ2n) is 5.68. The maximum Gasteiger partial charge on any atom is 0.118 e. The summed E-state index contributed by atoms with van der Waals surface area (Å²) in [6.07, 6.45) is 2.64. The van der Waals surface area contributed by atoms with E-state index in [1.807, 2.05) is 30.3 Å². The smallest absolute Gasteiger partial charge is 0.118 e. The molecule has 0 bridgehead atoms. The Morgan fingerprint density at radius 3 is 2.91 bits per heavy atom. The number of rotatable bonds is 1. The molecule has 3 N–H and O–H groups in total. The van der Waals surface area contributed by atoms with Gasteiger partial charge in [0.15, 0.2) is 0 Å². The minimum atomic E-state index is 0.292. The van der Waals surface area contributed by atoms with Gasteiger partial charge < -0.3 is 15.7 Å². The number of phenols is 1. The lowest BCUT2D eigenvalue weighted by molar-refractivity contribution is 0.476. The van der Waals surface area contributed by atoms with E-state index in [0.29, 0.717) is 12.3 Å². The zero-order valence-electron chi connectivity index (χ0n) is 12.2. The number of nitrogens with two attached hydrogens (primary N) is 1. The minimum Gasteiger partial charge on any atom is -0.508 e. The number of fused-ring (bicyclic) bond motifs is 2. The second-order valence-corrected chi connectivity index (χ2v) is 5.68. The summed E-state index contributed by atoms with van der Waals surface area (Å²) in [6.45, 7) is 1.59. The summed E-state index contributed by atoms with van der Waals surface area (Å²) < 4.78 is 0. The van der Waals surface area contributed by atoms with Crippen molar-refractivity contribution in [1.29, 1.82) is 0 Å². The molecule has 1 aromatic heterocycles. The third-order valence-corrected chi connectivity index (χ3v) is 4.32. The number of benzene rings is 2. The highest BCUT2D eigenvalue weighted by atomic mass is 16.3. The predicted molar refractivity (Wildman–Crippen MR) is 89.0 cm³/mol. The molecule has 22 heavy (non-hydrogen) atoms. The van der Waals surface area contributed by atoms with E-state index in [1.165, 1.54) is 0 Å². The van der Waals surface area contributed by atoms with Crippen LogP contribution in [-0.2, 0) is 13.0 Å². The van der Waals surface area contributed by atoms with E-state index < -0.39 is 0 Å². The Bertz CT molecular complexity index is 860. The van der Waals surface area contributed by atoms with Crippen molar-refractivity contribution in [2.45, 2.75) is 13.0 Å². The Labute approximate surface area is 128 Å². The Balaban J connectivity index is 1.81. The first-order valence-corrected chi connectivity index (χ1v) is 7.41. The molecule has 0 saturated carbocycles. The number of hydrogen-bond donors (Lipinski definition) is 2. The number of nitrogen functional groups attached to an aromatic ring is 1. The van der Waals surface area contributed by atoms with Crippen LogP contribution in [0.1, 0.15) is 11.3 Å². The molecule has 1 aliphatic rings. The largest absolute Gasteiger partial charge is 0.508 e. The summed E-state index contributed by atoms with van der Waals surface area (Å²) in [5, 5.41) is 12.2. The van der Waals surface area contributed by atoms with Crippen LogP contribution in [0.15, 0.2) is 48.7 Å². The van der Waals surface area contributed by atoms with Crippen LogP contribution in [0.4, 0.5) is 11.4 Å². The van der Waals surface area contributed by atoms with E-state index in [1.54, 1.807) is 12.3 Å². The van der Waals surface area contributed by atoms with Gasteiger partial charge in [0.05, 0.1) is 12.2 Å². The molecule has 0 fully saturated rings. The van der Waals surface area contributed by atoms with Crippen molar-refractivity contribution in [3.63, 3.8) is 0 Å². The Morgan fingerprint density at radius 1 is 1.14 bits per heavy atom. The highest BCUT2D eigenvalue weighted by Crippen LogP contribution is 2.34. The molecule has 0 saturated heterocycles. The van der Waals surface area contributed by atoms with E-state index in [2.05, 4.69) is 16.0 Å². The lowest BCUT2D eigenvalue weighted by atomic mass is 10.0. The third-order valence-electron chi connectivity index (χ3n) is 4.32. The molecule has 2 heterocycles. The molecule has 0 atom stereocenters. The predicted octanol–water partition coefficient (Wildman–Crippen LogP) is 3.09. The van der Waals surface area contributed by atoms with Gasteiger partial charge in [-0.25, -0.2) is 0 Å². The number of phenolic OH excluding ortho intramolecular Hbond substituents is 1. The van der Waals surface area contributed by atoms with Crippen molar-refractivity contribution in [1.82, 2.24) is 4.98 Å². The number of pyridine rings is 1. The van der Waals surface area contributed by atoms with Gasteiger partial charge in [-0.3, -0.25) is 4.98 Å². The van der Waals surface area contributed by atoms with Gasteiger partial charge in [0.2, 0.25) is 0 Å². The molecule has 1 aliphatic heterocycles. The van der Waals surface area contributed by atoms with E-state index in [0.717, 1.165) is 46.4 Å². The maximum absolute atomic E-state index is 10.0. The monoisotopic (exact) mass is 291 g/mol. The average Bonchev–Trinajstić information content (AvgIpc) is 2.54. The van der Waals surface area contributed by atoms with E-state index in [9.17, 15) is 5.11 Å². The van der Waals surface area contributed by atoms with Gasteiger partial charge in [-0.05, 0) is 23.9 Å². The molecule has 2 aromatic carbocycles. The first-order chi connectivity index (χ1) is 10.7. The van der Waals surface area contributed by atoms with Gasteiger partial charge in [0.1, 0.15) is 5.75 Å². The first kappa shape index (κ1) is 13.0. The molecule has 0 aliphatic carbocycles. The molecule has 4 rings (SSSR count). The van der Waals surface area contributed by atoms with E-state index in [4.69, 9.17) is 5.73 Å². The van der Waals surface area contributed by atoms with Gasteiger partial charge >= 0.3 is 0 Å². The fourth-order valence-electron chi connectivity index (χ4n) is 3.23. The molecular weight excluding hydrogens is 274 g/mol. The normalized spacial score (nSPS) is 14.1. The lowest BCUT2D eigenvalue weighted by Gasteiger charge is -2.31. The van der Waals surface area contributed by atoms with E-state index >= 15 is 0 Å². The molecule has 0 spiro atoms. The van der Waals surface area contributed by atoms with Gasteiger partial charge in [-0.2, -0.15) is 0 Å². The average molecular weight is 291 g/mol. The zero-order chi connectivity index (χ0) is 15.1. The topological polar surface area (TPSA) is 62.4 Å². The molecule has 4 heteroatoms. The number of aromatic hydroxyl groups is 1. The van der Waals surface area contributed by atoms with Crippen LogP contribution in [0.3, 0.4) is 0 Å². The summed E-state index contributed by atoms with van der Waals surface area (Å²) in [6, 6.07) is 13.6. The second kappa shape index (κ2) is 4.91. The Hall–Kier alpha value is -2.75. The standard InChI is InChI=1S/C18H17N3O/c19-16-5-7-20-17-11-21(8-6-15(16)17)18-10-13(22)9-12-3-1-2-4-14(12)18/h1-5,7,9-10,22H,6,8,11H2,(H2,19,20). The number of aromatic nitrogens is 1. The van der Waals surface area contributed by atoms with Gasteiger partial charge in [-0.1, -0.05) is 24.3 Å². The fraction of sp³-hybridized carbons (Fsp3) is 0.167. The van der Waals surface area contributed by atoms with Crippen molar-refractivity contribution in [2.24, 2.45) is 0 Å². The van der Waals surface area contributed by atoms with Crippen molar-refractivity contribution in [3.05, 3.63) is 59.9 Å². The van der Waals surface area contributed by atoms with Gasteiger partial charge in [0, 0.05) is 41.1 Å². The third kappa shape index (κ3) is 2.04. The number of hydrogen-bond acceptors (Lipinski definition) is 4. The molecule has 3 aromatic rings. The van der Waals surface area contributed by atoms with Gasteiger partial charge in [-0.15, -0.1) is 0 Å². The maximum atomic E-state index is 10.0. The van der Waals surface area contributed by atoms with E-state index in [-0.39, 0.29) is 0 Å². The molecule has 0 unspecified atom stereocenters. The Morgan fingerprint density at radius 2 is 2.00 bits per heavy atom. The zero-order valence-corrected chi connectivity index (χ0v) is 12.2. The Kier molecular flexibility index (Phi) is 2.89. The number of anilines is 2. The molecule has 0 radical (unpaired) electrons. The summed E-state index contributed by atoms with van der Waals surface area (Å²) >= 11 is 0. The van der Waals surface area contributed by atoms with Crippen LogP contribution in [0.5, 0.6) is 5.75 Å². The van der Waals surface area contributed by atoms with Crippen molar-refractivity contribution in [2.75, 3.05) is 17.2 Å². The van der Waals surface area contributed by atoms with Crippen molar-refractivity contribution >= 4 is 22.1 Å². The first-order valence-electron chi connectivity index (χ1n) is 7.41. The van der Waals surface area contributed by atoms with Crippen molar-refractivity contribution < 1.29 is 5.11 Å². The van der Waals surface area contributed by atoms with Crippen LogP contribution in [0.2, 0.25) is 0 Å². The highest BCUT2D eigenvalue weighted by Gasteiger charge is 2.21. The van der Waals surface area contributed by atoms with Gasteiger partial charge in [0.25, 0.3) is 0 Å². The molecule has 0 amide bonds.